The van der Waals surface area contributed by atoms with E-state index < -0.39 is 0 Å². The van der Waals surface area contributed by atoms with Crippen LogP contribution in [-0.4, -0.2) is 0 Å². The Hall–Kier alpha value is -1.87. The SMILES string of the molecule is CC(C)c1ccc(COc2cccc(F)c2CN)cc1. The highest BCUT2D eigenvalue weighted by Crippen LogP contribution is 2.22. The first-order chi connectivity index (χ1) is 9.61. The Labute approximate surface area is 119 Å². The number of nitrogens with two attached hydrogens (primary N) is 1. The van der Waals surface area contributed by atoms with Crippen LogP contribution in [-0.2, 0) is 13.2 Å². The number of benzene rings is 2. The zero-order valence-electron chi connectivity index (χ0n) is 11.9. The molecule has 0 heterocycles. The highest BCUT2D eigenvalue weighted by molar-refractivity contribution is 5.35. The molecule has 0 aliphatic rings. The fourth-order valence-corrected chi connectivity index (χ4v) is 2.03. The van der Waals surface area contributed by atoms with E-state index in [-0.39, 0.29) is 12.4 Å². The molecule has 2 aromatic rings. The Morgan fingerprint density at radius 2 is 1.80 bits per heavy atom. The van der Waals surface area contributed by atoms with E-state index in [1.807, 2.05) is 12.1 Å². The fraction of sp³-hybridized carbons (Fsp3) is 0.294. The molecular weight excluding hydrogens is 253 g/mol. The fourth-order valence-electron chi connectivity index (χ4n) is 2.03. The van der Waals surface area contributed by atoms with E-state index in [0.717, 1.165) is 5.56 Å². The summed E-state index contributed by atoms with van der Waals surface area (Å²) in [6, 6.07) is 13.0. The third kappa shape index (κ3) is 3.36. The molecule has 2 N–H and O–H groups in total. The van der Waals surface area contributed by atoms with Crippen LogP contribution in [0.25, 0.3) is 0 Å². The Morgan fingerprint density at radius 1 is 1.10 bits per heavy atom. The zero-order valence-corrected chi connectivity index (χ0v) is 11.9. The van der Waals surface area contributed by atoms with E-state index in [9.17, 15) is 4.39 Å². The summed E-state index contributed by atoms with van der Waals surface area (Å²) in [5, 5.41) is 0. The van der Waals surface area contributed by atoms with E-state index in [4.69, 9.17) is 10.5 Å². The summed E-state index contributed by atoms with van der Waals surface area (Å²) in [6.45, 7) is 4.86. The summed E-state index contributed by atoms with van der Waals surface area (Å²) in [7, 11) is 0. The van der Waals surface area contributed by atoms with Crippen molar-refractivity contribution < 1.29 is 9.13 Å². The second-order valence-corrected chi connectivity index (χ2v) is 5.11. The van der Waals surface area contributed by atoms with Gasteiger partial charge >= 0.3 is 0 Å². The van der Waals surface area contributed by atoms with Crippen LogP contribution >= 0.6 is 0 Å². The first-order valence-corrected chi connectivity index (χ1v) is 6.81. The molecule has 0 atom stereocenters. The van der Waals surface area contributed by atoms with Gasteiger partial charge in [0, 0.05) is 12.1 Å². The Morgan fingerprint density at radius 3 is 2.40 bits per heavy atom. The molecule has 0 aromatic heterocycles. The van der Waals surface area contributed by atoms with E-state index in [2.05, 4.69) is 26.0 Å². The van der Waals surface area contributed by atoms with Gasteiger partial charge in [-0.1, -0.05) is 44.2 Å². The van der Waals surface area contributed by atoms with Crippen molar-refractivity contribution in [3.63, 3.8) is 0 Å². The molecule has 0 bridgehead atoms. The lowest BCUT2D eigenvalue weighted by Gasteiger charge is -2.12. The maximum atomic E-state index is 13.6. The normalized spacial score (nSPS) is 10.8. The van der Waals surface area contributed by atoms with Crippen LogP contribution in [0, 0.1) is 5.82 Å². The van der Waals surface area contributed by atoms with Gasteiger partial charge in [0.2, 0.25) is 0 Å². The molecule has 2 aromatic carbocycles. The van der Waals surface area contributed by atoms with Crippen LogP contribution in [0.5, 0.6) is 5.75 Å². The maximum absolute atomic E-state index is 13.6. The molecule has 0 amide bonds. The second kappa shape index (κ2) is 6.53. The van der Waals surface area contributed by atoms with Crippen molar-refractivity contribution in [1.82, 2.24) is 0 Å². The monoisotopic (exact) mass is 273 g/mol. The number of hydrogen-bond acceptors (Lipinski definition) is 2. The van der Waals surface area contributed by atoms with Crippen LogP contribution in [0.2, 0.25) is 0 Å². The molecule has 0 aliphatic heterocycles. The van der Waals surface area contributed by atoms with Crippen LogP contribution in [0.15, 0.2) is 42.5 Å². The minimum atomic E-state index is -0.319. The molecule has 0 spiro atoms. The van der Waals surface area contributed by atoms with Gasteiger partial charge in [0.05, 0.1) is 0 Å². The average Bonchev–Trinajstić information content (AvgIpc) is 2.45. The largest absolute Gasteiger partial charge is 0.488 e. The minimum Gasteiger partial charge on any atom is -0.488 e. The molecule has 3 heteroatoms. The molecule has 0 aliphatic carbocycles. The van der Waals surface area contributed by atoms with Gasteiger partial charge in [0.15, 0.2) is 0 Å². The van der Waals surface area contributed by atoms with Crippen molar-refractivity contribution >= 4 is 0 Å². The lowest BCUT2D eigenvalue weighted by molar-refractivity contribution is 0.300. The van der Waals surface area contributed by atoms with Gasteiger partial charge in [0.25, 0.3) is 0 Å². The Balaban J connectivity index is 2.07. The predicted octanol–water partition coefficient (Wildman–Crippen LogP) is 3.99. The summed E-state index contributed by atoms with van der Waals surface area (Å²) < 4.78 is 19.2. The third-order valence-electron chi connectivity index (χ3n) is 3.32. The highest BCUT2D eigenvalue weighted by atomic mass is 19.1. The summed E-state index contributed by atoms with van der Waals surface area (Å²) in [5.41, 5.74) is 8.33. The van der Waals surface area contributed by atoms with E-state index >= 15 is 0 Å². The predicted molar refractivity (Wildman–Crippen MR) is 79.2 cm³/mol. The van der Waals surface area contributed by atoms with Crippen LogP contribution in [0.4, 0.5) is 4.39 Å². The van der Waals surface area contributed by atoms with Crippen LogP contribution in [0.3, 0.4) is 0 Å². The lowest BCUT2D eigenvalue weighted by atomic mass is 10.0. The summed E-state index contributed by atoms with van der Waals surface area (Å²) in [5.74, 6) is 0.706. The molecule has 20 heavy (non-hydrogen) atoms. The van der Waals surface area contributed by atoms with Gasteiger partial charge in [-0.2, -0.15) is 0 Å². The molecule has 2 nitrogen and oxygen atoms in total. The number of halogens is 1. The number of hydrogen-bond donors (Lipinski definition) is 1. The molecule has 2 rings (SSSR count). The van der Waals surface area contributed by atoms with E-state index in [0.29, 0.717) is 23.8 Å². The van der Waals surface area contributed by atoms with Gasteiger partial charge in [-0.15, -0.1) is 0 Å². The maximum Gasteiger partial charge on any atom is 0.131 e. The van der Waals surface area contributed by atoms with E-state index in [1.54, 1.807) is 12.1 Å². The molecule has 0 saturated carbocycles. The highest BCUT2D eigenvalue weighted by Gasteiger charge is 2.08. The summed E-state index contributed by atoms with van der Waals surface area (Å²) >= 11 is 0. The number of ether oxygens (including phenoxy) is 1. The molecule has 0 unspecified atom stereocenters. The Bertz CT molecular complexity index is 564. The van der Waals surface area contributed by atoms with Crippen LogP contribution in [0.1, 0.15) is 36.5 Å². The van der Waals surface area contributed by atoms with Crippen molar-refractivity contribution in [2.24, 2.45) is 5.73 Å². The van der Waals surface area contributed by atoms with Gasteiger partial charge in [-0.05, 0) is 29.2 Å². The quantitative estimate of drug-likeness (QED) is 0.894. The van der Waals surface area contributed by atoms with Crippen molar-refractivity contribution in [2.45, 2.75) is 32.9 Å². The molecule has 0 fully saturated rings. The van der Waals surface area contributed by atoms with Gasteiger partial charge in [-0.3, -0.25) is 0 Å². The lowest BCUT2D eigenvalue weighted by Crippen LogP contribution is -2.05. The van der Waals surface area contributed by atoms with Gasteiger partial charge < -0.3 is 10.5 Å². The van der Waals surface area contributed by atoms with Crippen molar-refractivity contribution in [2.75, 3.05) is 0 Å². The summed E-state index contributed by atoms with van der Waals surface area (Å²) in [6.07, 6.45) is 0. The topological polar surface area (TPSA) is 35.2 Å². The standard InChI is InChI=1S/C17H20FNO/c1-12(2)14-8-6-13(7-9-14)11-20-17-5-3-4-16(18)15(17)10-19/h3-9,12H,10-11,19H2,1-2H3. The molecule has 106 valence electrons. The molecular formula is C17H20FNO. The minimum absolute atomic E-state index is 0.133. The van der Waals surface area contributed by atoms with Crippen molar-refractivity contribution in [1.29, 1.82) is 0 Å². The van der Waals surface area contributed by atoms with Crippen molar-refractivity contribution in [3.8, 4) is 5.75 Å². The Kier molecular flexibility index (Phi) is 4.74. The average molecular weight is 273 g/mol. The number of rotatable bonds is 5. The van der Waals surface area contributed by atoms with Gasteiger partial charge in [-0.25, -0.2) is 4.39 Å². The second-order valence-electron chi connectivity index (χ2n) is 5.11. The first kappa shape index (κ1) is 14.5. The van der Waals surface area contributed by atoms with Gasteiger partial charge in [0.1, 0.15) is 18.2 Å². The van der Waals surface area contributed by atoms with Crippen molar-refractivity contribution in [3.05, 3.63) is 65.0 Å². The van der Waals surface area contributed by atoms with Crippen LogP contribution < -0.4 is 10.5 Å². The molecule has 0 saturated heterocycles. The first-order valence-electron chi connectivity index (χ1n) is 6.81. The zero-order chi connectivity index (χ0) is 14.5. The van der Waals surface area contributed by atoms with E-state index in [1.165, 1.54) is 11.6 Å². The summed E-state index contributed by atoms with van der Waals surface area (Å²) in [4.78, 5) is 0. The smallest absolute Gasteiger partial charge is 0.131 e. The molecule has 0 radical (unpaired) electrons. The third-order valence-corrected chi connectivity index (χ3v) is 3.32.